The highest BCUT2D eigenvalue weighted by molar-refractivity contribution is 6.03. The number of carbonyl (C=O) groups is 1. The number of anilines is 1. The number of ether oxygens (including phenoxy) is 1. The van der Waals surface area contributed by atoms with Gasteiger partial charge in [-0.3, -0.25) is 14.3 Å². The molecule has 1 fully saturated rings. The molecule has 2 aromatic heterocycles. The second kappa shape index (κ2) is 7.32. The lowest BCUT2D eigenvalue weighted by Gasteiger charge is -2.18. The van der Waals surface area contributed by atoms with Crippen molar-refractivity contribution in [2.75, 3.05) is 11.9 Å². The molecule has 0 radical (unpaired) electrons. The van der Waals surface area contributed by atoms with Crippen LogP contribution < -0.4 is 11.0 Å². The molecule has 1 aliphatic heterocycles. The van der Waals surface area contributed by atoms with E-state index in [1.54, 1.807) is 19.1 Å². The van der Waals surface area contributed by atoms with Crippen LogP contribution in [0.15, 0.2) is 35.4 Å². The summed E-state index contributed by atoms with van der Waals surface area (Å²) in [6, 6.07) is 4.81. The van der Waals surface area contributed by atoms with E-state index < -0.39 is 36.0 Å². The molecule has 1 saturated heterocycles. The Labute approximate surface area is 149 Å². The Morgan fingerprint density at radius 2 is 2.15 bits per heavy atom. The molecule has 4 unspecified atom stereocenters. The highest BCUT2D eigenvalue weighted by atomic mass is 16.5. The summed E-state index contributed by atoms with van der Waals surface area (Å²) in [5.41, 5.74) is 0.507. The summed E-state index contributed by atoms with van der Waals surface area (Å²) in [5.74, 6) is -0.726. The number of amides is 1. The van der Waals surface area contributed by atoms with Gasteiger partial charge >= 0.3 is 5.69 Å². The van der Waals surface area contributed by atoms with E-state index >= 15 is 0 Å². The number of aliphatic hydroxyl groups is 2. The molecule has 3 heterocycles. The third kappa shape index (κ3) is 3.50. The summed E-state index contributed by atoms with van der Waals surface area (Å²) in [6.07, 6.45) is 0.497. The van der Waals surface area contributed by atoms with Gasteiger partial charge in [0.15, 0.2) is 0 Å². The first-order valence-electron chi connectivity index (χ1n) is 8.18. The lowest BCUT2D eigenvalue weighted by atomic mass is 10.0. The van der Waals surface area contributed by atoms with E-state index in [1.807, 2.05) is 6.92 Å². The molecule has 1 amide bonds. The molecule has 2 aromatic rings. The van der Waals surface area contributed by atoms with Gasteiger partial charge in [0.2, 0.25) is 0 Å². The topological polar surface area (TPSA) is 127 Å². The Hall–Kier alpha value is -2.62. The Bertz CT molecular complexity index is 851. The van der Waals surface area contributed by atoms with E-state index in [4.69, 9.17) is 4.74 Å². The Balaban J connectivity index is 1.77. The second-order valence-electron chi connectivity index (χ2n) is 6.24. The zero-order chi connectivity index (χ0) is 18.8. The zero-order valence-corrected chi connectivity index (χ0v) is 14.4. The molecule has 0 bridgehead atoms. The van der Waals surface area contributed by atoms with Gasteiger partial charge in [0.25, 0.3) is 5.91 Å². The number of carbonyl (C=O) groups excluding carboxylic acids is 1. The van der Waals surface area contributed by atoms with Gasteiger partial charge in [-0.1, -0.05) is 6.92 Å². The van der Waals surface area contributed by atoms with E-state index in [1.165, 1.54) is 23.0 Å². The van der Waals surface area contributed by atoms with Crippen LogP contribution in [0.3, 0.4) is 0 Å². The predicted octanol–water partition coefficient (Wildman–Crippen LogP) is 0.0857. The molecule has 3 rings (SSSR count). The molecule has 0 aromatic carbocycles. The number of aliphatic hydroxyl groups excluding tert-OH is 2. The molecule has 4 atom stereocenters. The number of rotatable bonds is 4. The quantitative estimate of drug-likeness (QED) is 0.705. The highest BCUT2D eigenvalue weighted by Gasteiger charge is 2.41. The minimum Gasteiger partial charge on any atom is -0.394 e. The average Bonchev–Trinajstić information content (AvgIpc) is 2.90. The number of hydrogen-bond donors (Lipinski definition) is 3. The van der Waals surface area contributed by atoms with E-state index in [0.717, 1.165) is 5.69 Å². The first kappa shape index (κ1) is 18.2. The number of nitrogens with zero attached hydrogens (tertiary/aromatic N) is 3. The fourth-order valence-electron chi connectivity index (χ4n) is 2.83. The van der Waals surface area contributed by atoms with E-state index in [9.17, 15) is 19.8 Å². The molecular weight excluding hydrogens is 340 g/mol. The van der Waals surface area contributed by atoms with E-state index in [2.05, 4.69) is 15.3 Å². The average molecular weight is 360 g/mol. The largest absolute Gasteiger partial charge is 0.394 e. The number of aromatic nitrogens is 3. The van der Waals surface area contributed by atoms with Gasteiger partial charge in [-0.05, 0) is 25.1 Å². The third-order valence-corrected chi connectivity index (χ3v) is 4.38. The molecule has 26 heavy (non-hydrogen) atoms. The third-order valence-electron chi connectivity index (χ3n) is 4.38. The van der Waals surface area contributed by atoms with Crippen LogP contribution in [0, 0.1) is 12.8 Å². The van der Waals surface area contributed by atoms with E-state index in [-0.39, 0.29) is 12.4 Å². The van der Waals surface area contributed by atoms with Crippen molar-refractivity contribution < 1.29 is 19.7 Å². The Kier molecular flexibility index (Phi) is 5.12. The fourth-order valence-corrected chi connectivity index (χ4v) is 2.83. The van der Waals surface area contributed by atoms with Crippen LogP contribution in [0.2, 0.25) is 0 Å². The summed E-state index contributed by atoms with van der Waals surface area (Å²) in [6.45, 7) is 3.19. The van der Waals surface area contributed by atoms with Crippen LogP contribution in [-0.2, 0) is 4.74 Å². The van der Waals surface area contributed by atoms with Gasteiger partial charge in [-0.2, -0.15) is 4.98 Å². The van der Waals surface area contributed by atoms with Gasteiger partial charge in [-0.25, -0.2) is 4.79 Å². The van der Waals surface area contributed by atoms with Gasteiger partial charge in [0.05, 0.1) is 18.3 Å². The molecule has 0 saturated carbocycles. The normalized spacial score (nSPS) is 25.2. The number of pyridine rings is 1. The van der Waals surface area contributed by atoms with Crippen molar-refractivity contribution in [1.82, 2.24) is 14.5 Å². The van der Waals surface area contributed by atoms with Crippen molar-refractivity contribution in [2.24, 2.45) is 5.92 Å². The minimum absolute atomic E-state index is 0.0988. The maximum Gasteiger partial charge on any atom is 0.351 e. The second-order valence-corrected chi connectivity index (χ2v) is 6.24. The lowest BCUT2D eigenvalue weighted by Crippen LogP contribution is -2.31. The van der Waals surface area contributed by atoms with Gasteiger partial charge < -0.3 is 20.3 Å². The minimum atomic E-state index is -0.884. The molecule has 9 heteroatoms. The zero-order valence-electron chi connectivity index (χ0n) is 14.4. The predicted molar refractivity (Wildman–Crippen MR) is 91.6 cm³/mol. The molecule has 3 N–H and O–H groups in total. The number of aryl methyl sites for hydroxylation is 1. The van der Waals surface area contributed by atoms with Crippen molar-refractivity contribution in [1.29, 1.82) is 0 Å². The maximum atomic E-state index is 12.3. The number of nitrogens with one attached hydrogen (secondary N) is 1. The Morgan fingerprint density at radius 3 is 2.73 bits per heavy atom. The van der Waals surface area contributed by atoms with Crippen molar-refractivity contribution in [3.05, 3.63) is 52.3 Å². The Morgan fingerprint density at radius 1 is 1.38 bits per heavy atom. The van der Waals surface area contributed by atoms with Crippen molar-refractivity contribution in [3.63, 3.8) is 0 Å². The summed E-state index contributed by atoms with van der Waals surface area (Å²) in [5, 5.41) is 21.8. The molecular formula is C17H20N4O5. The van der Waals surface area contributed by atoms with Crippen LogP contribution in [0.25, 0.3) is 0 Å². The summed E-state index contributed by atoms with van der Waals surface area (Å²) >= 11 is 0. The van der Waals surface area contributed by atoms with Crippen LogP contribution in [0.4, 0.5) is 5.82 Å². The SMILES string of the molecule is Cc1ccc(C(=O)Nc2ccn(C3OC(CO)C(O)C3C)c(=O)n2)cn1. The standard InChI is InChI=1S/C17H20N4O5/c1-9-3-4-11(7-18-9)15(24)19-13-5-6-21(17(25)20-13)16-10(2)14(23)12(8-22)26-16/h3-7,10,12,14,16,22-23H,8H2,1-2H3,(H,19,20,24,25). The first-order chi connectivity index (χ1) is 12.4. The fraction of sp³-hybridized carbons (Fsp3) is 0.412. The van der Waals surface area contributed by atoms with Crippen LogP contribution in [0.5, 0.6) is 0 Å². The monoisotopic (exact) mass is 360 g/mol. The highest BCUT2D eigenvalue weighted by Crippen LogP contribution is 2.33. The molecule has 0 spiro atoms. The maximum absolute atomic E-state index is 12.3. The molecule has 138 valence electrons. The lowest BCUT2D eigenvalue weighted by molar-refractivity contribution is -0.0476. The van der Waals surface area contributed by atoms with Crippen molar-refractivity contribution >= 4 is 11.7 Å². The van der Waals surface area contributed by atoms with Crippen LogP contribution in [-0.4, -0.2) is 49.5 Å². The molecule has 0 aliphatic carbocycles. The summed E-state index contributed by atoms with van der Waals surface area (Å²) in [4.78, 5) is 32.4. The van der Waals surface area contributed by atoms with Gasteiger partial charge in [0.1, 0.15) is 18.1 Å². The summed E-state index contributed by atoms with van der Waals surface area (Å²) < 4.78 is 6.76. The van der Waals surface area contributed by atoms with E-state index in [0.29, 0.717) is 5.56 Å². The van der Waals surface area contributed by atoms with Gasteiger partial charge in [-0.15, -0.1) is 0 Å². The smallest absolute Gasteiger partial charge is 0.351 e. The summed E-state index contributed by atoms with van der Waals surface area (Å²) in [7, 11) is 0. The van der Waals surface area contributed by atoms with Crippen molar-refractivity contribution in [3.8, 4) is 0 Å². The van der Waals surface area contributed by atoms with Crippen LogP contribution >= 0.6 is 0 Å². The van der Waals surface area contributed by atoms with Crippen LogP contribution in [0.1, 0.15) is 29.2 Å². The molecule has 9 nitrogen and oxygen atoms in total. The molecule has 1 aliphatic rings. The first-order valence-corrected chi connectivity index (χ1v) is 8.18. The van der Waals surface area contributed by atoms with Gasteiger partial charge in [0, 0.05) is 24.0 Å². The van der Waals surface area contributed by atoms with Crippen molar-refractivity contribution in [2.45, 2.75) is 32.3 Å². The number of hydrogen-bond acceptors (Lipinski definition) is 7.